The number of likely N-dealkylation sites (tertiary alicyclic amines) is 1. The van der Waals surface area contributed by atoms with Crippen molar-refractivity contribution in [2.45, 2.75) is 39.2 Å². The number of rotatable bonds is 7. The highest BCUT2D eigenvalue weighted by Gasteiger charge is 2.20. The van der Waals surface area contributed by atoms with Gasteiger partial charge in [-0.1, -0.05) is 36.7 Å². The van der Waals surface area contributed by atoms with Gasteiger partial charge in [-0.25, -0.2) is 0 Å². The molecule has 2 aromatic carbocycles. The van der Waals surface area contributed by atoms with Crippen molar-refractivity contribution in [3.63, 3.8) is 0 Å². The number of hydrogen-bond acceptors (Lipinski definition) is 5. The number of ether oxygens (including phenoxy) is 1. The zero-order valence-corrected chi connectivity index (χ0v) is 19.3. The minimum atomic E-state index is -0.320. The molecule has 0 radical (unpaired) electrons. The van der Waals surface area contributed by atoms with E-state index in [-0.39, 0.29) is 30.0 Å². The van der Waals surface area contributed by atoms with Crippen LogP contribution < -0.4 is 10.3 Å². The van der Waals surface area contributed by atoms with Crippen LogP contribution in [0, 0.1) is 5.92 Å². The average molecular weight is 467 g/mol. The number of nitrogens with zero attached hydrogens (tertiary/aromatic N) is 3. The van der Waals surface area contributed by atoms with Gasteiger partial charge in [-0.3, -0.25) is 9.59 Å². The maximum atomic E-state index is 12.5. The lowest BCUT2D eigenvalue weighted by Gasteiger charge is -2.30. The molecule has 7 nitrogen and oxygen atoms in total. The van der Waals surface area contributed by atoms with Crippen molar-refractivity contribution in [2.75, 3.05) is 13.1 Å². The first kappa shape index (κ1) is 23.0. The zero-order valence-electron chi connectivity index (χ0n) is 18.6. The molecule has 2 heterocycles. The number of H-pyrrole nitrogens is 1. The van der Waals surface area contributed by atoms with Gasteiger partial charge in [0.1, 0.15) is 18.1 Å². The number of carbonyl (C=O) groups is 1. The van der Waals surface area contributed by atoms with Gasteiger partial charge in [0, 0.05) is 42.1 Å². The smallest absolute Gasteiger partial charge is 0.273 e. The van der Waals surface area contributed by atoms with Gasteiger partial charge < -0.3 is 14.6 Å². The summed E-state index contributed by atoms with van der Waals surface area (Å²) in [6.07, 6.45) is 2.61. The number of carbonyl (C=O) groups excluding carboxylic acids is 1. The maximum Gasteiger partial charge on any atom is 0.273 e. The van der Waals surface area contributed by atoms with Gasteiger partial charge in [0.15, 0.2) is 5.82 Å². The Hall–Kier alpha value is -3.19. The third-order valence-corrected chi connectivity index (χ3v) is 6.33. The average Bonchev–Trinajstić information content (AvgIpc) is 2.83. The van der Waals surface area contributed by atoms with E-state index in [1.54, 1.807) is 12.1 Å². The lowest BCUT2D eigenvalue weighted by atomic mass is 9.99. The van der Waals surface area contributed by atoms with Crippen molar-refractivity contribution in [1.29, 1.82) is 0 Å². The second-order valence-corrected chi connectivity index (χ2v) is 8.82. The number of hydrogen-bond donors (Lipinski definition) is 1. The van der Waals surface area contributed by atoms with E-state index in [2.05, 4.69) is 22.1 Å². The quantitative estimate of drug-likeness (QED) is 0.562. The molecule has 1 aliphatic heterocycles. The van der Waals surface area contributed by atoms with E-state index >= 15 is 0 Å². The van der Waals surface area contributed by atoms with Gasteiger partial charge in [-0.2, -0.15) is 0 Å². The summed E-state index contributed by atoms with van der Waals surface area (Å²) in [7, 11) is 0. The largest absolute Gasteiger partial charge is 0.489 e. The molecule has 1 amide bonds. The summed E-state index contributed by atoms with van der Waals surface area (Å²) in [5.41, 5.74) is 1.58. The Morgan fingerprint density at radius 3 is 2.55 bits per heavy atom. The molecular formula is C25H27ClN4O3. The highest BCUT2D eigenvalue weighted by molar-refractivity contribution is 6.31. The molecule has 1 saturated heterocycles. The molecular weight excluding hydrogens is 440 g/mol. The van der Waals surface area contributed by atoms with Gasteiger partial charge >= 0.3 is 0 Å². The van der Waals surface area contributed by atoms with Crippen molar-refractivity contribution < 1.29 is 9.53 Å². The molecule has 172 valence electrons. The topological polar surface area (TPSA) is 88.2 Å². The molecule has 0 aliphatic carbocycles. The fraction of sp³-hybridized carbons (Fsp3) is 0.360. The van der Waals surface area contributed by atoms with Gasteiger partial charge in [-0.15, -0.1) is 10.2 Å². The summed E-state index contributed by atoms with van der Waals surface area (Å²) in [5.74, 6) is 1.78. The Morgan fingerprint density at radius 2 is 1.85 bits per heavy atom. The van der Waals surface area contributed by atoms with Gasteiger partial charge in [0.05, 0.1) is 0 Å². The van der Waals surface area contributed by atoms with Crippen LogP contribution in [0.1, 0.15) is 37.4 Å². The lowest BCUT2D eigenvalue weighted by Crippen LogP contribution is -2.38. The SMILES string of the molecule is CC1CCN(C(=O)CCc2nnc(-c3ccc(OCc4ccccc4Cl)cc3)[nH]c2=O)CC1. The third kappa shape index (κ3) is 5.99. The number of benzene rings is 2. The number of aryl methyl sites for hydroxylation is 1. The zero-order chi connectivity index (χ0) is 23.2. The van der Waals surface area contributed by atoms with Crippen LogP contribution in [-0.4, -0.2) is 39.1 Å². The first-order chi connectivity index (χ1) is 16.0. The Morgan fingerprint density at radius 1 is 1.12 bits per heavy atom. The summed E-state index contributed by atoms with van der Waals surface area (Å²) in [6, 6.07) is 14.8. The van der Waals surface area contributed by atoms with Crippen LogP contribution in [0.4, 0.5) is 0 Å². The van der Waals surface area contributed by atoms with E-state index < -0.39 is 0 Å². The van der Waals surface area contributed by atoms with Crippen LogP contribution >= 0.6 is 11.6 Å². The fourth-order valence-electron chi connectivity index (χ4n) is 3.78. The van der Waals surface area contributed by atoms with Crippen LogP contribution in [0.15, 0.2) is 53.3 Å². The van der Waals surface area contributed by atoms with Gasteiger partial charge in [-0.05, 0) is 49.1 Å². The van der Waals surface area contributed by atoms with Gasteiger partial charge in [0.2, 0.25) is 5.91 Å². The number of nitrogens with one attached hydrogen (secondary N) is 1. The molecule has 0 bridgehead atoms. The van der Waals surface area contributed by atoms with Crippen LogP contribution in [0.25, 0.3) is 11.4 Å². The molecule has 1 aliphatic rings. The Kier molecular flexibility index (Phi) is 7.40. The monoisotopic (exact) mass is 466 g/mol. The summed E-state index contributed by atoms with van der Waals surface area (Å²) in [6.45, 7) is 4.15. The highest BCUT2D eigenvalue weighted by Crippen LogP contribution is 2.21. The molecule has 1 N–H and O–H groups in total. The first-order valence-corrected chi connectivity index (χ1v) is 11.6. The van der Waals surface area contributed by atoms with Crippen LogP contribution in [0.2, 0.25) is 5.02 Å². The maximum absolute atomic E-state index is 12.5. The number of aromatic amines is 1. The summed E-state index contributed by atoms with van der Waals surface area (Å²) < 4.78 is 5.79. The molecule has 3 aromatic rings. The number of aromatic nitrogens is 3. The van der Waals surface area contributed by atoms with Crippen molar-refractivity contribution >= 4 is 17.5 Å². The lowest BCUT2D eigenvalue weighted by molar-refractivity contribution is -0.132. The van der Waals surface area contributed by atoms with Gasteiger partial charge in [0.25, 0.3) is 5.56 Å². The van der Waals surface area contributed by atoms with E-state index in [1.807, 2.05) is 41.3 Å². The van der Waals surface area contributed by atoms with Crippen molar-refractivity contribution in [3.8, 4) is 17.1 Å². The number of halogens is 1. The molecule has 1 aromatic heterocycles. The second-order valence-electron chi connectivity index (χ2n) is 8.42. The van der Waals surface area contributed by atoms with E-state index in [9.17, 15) is 9.59 Å². The van der Waals surface area contributed by atoms with Crippen molar-refractivity contribution in [1.82, 2.24) is 20.1 Å². The minimum absolute atomic E-state index is 0.0690. The molecule has 0 unspecified atom stereocenters. The Balaban J connectivity index is 1.34. The molecule has 0 saturated carbocycles. The summed E-state index contributed by atoms with van der Waals surface area (Å²) >= 11 is 6.16. The van der Waals surface area contributed by atoms with Crippen LogP contribution in [-0.2, 0) is 17.8 Å². The highest BCUT2D eigenvalue weighted by atomic mass is 35.5. The molecule has 1 fully saturated rings. The Labute approximate surface area is 197 Å². The van der Waals surface area contributed by atoms with Crippen LogP contribution in [0.3, 0.4) is 0 Å². The predicted molar refractivity (Wildman–Crippen MR) is 127 cm³/mol. The molecule has 0 atom stereocenters. The second kappa shape index (κ2) is 10.6. The minimum Gasteiger partial charge on any atom is -0.489 e. The van der Waals surface area contributed by atoms with Crippen LogP contribution in [0.5, 0.6) is 5.75 Å². The number of amides is 1. The molecule has 4 rings (SSSR count). The predicted octanol–water partition coefficient (Wildman–Crippen LogP) is 4.26. The number of piperidine rings is 1. The summed E-state index contributed by atoms with van der Waals surface area (Å²) in [5, 5.41) is 8.90. The third-order valence-electron chi connectivity index (χ3n) is 5.96. The molecule has 33 heavy (non-hydrogen) atoms. The summed E-state index contributed by atoms with van der Waals surface area (Å²) in [4.78, 5) is 29.6. The molecule has 0 spiro atoms. The van der Waals surface area contributed by atoms with E-state index in [0.29, 0.717) is 29.1 Å². The Bertz CT molecular complexity index is 1150. The standard InChI is InChI=1S/C25H27ClN4O3/c1-17-12-14-30(15-13-17)23(31)11-10-22-25(32)27-24(29-28-22)18-6-8-20(9-7-18)33-16-19-4-2-3-5-21(19)26/h2-9,17H,10-16H2,1H3,(H,27,29,32). The van der Waals surface area contributed by atoms with E-state index in [1.165, 1.54) is 0 Å². The molecule has 8 heteroatoms. The van der Waals surface area contributed by atoms with E-state index in [0.717, 1.165) is 37.1 Å². The fourth-order valence-corrected chi connectivity index (χ4v) is 3.97. The van der Waals surface area contributed by atoms with Crippen molar-refractivity contribution in [2.24, 2.45) is 5.92 Å². The van der Waals surface area contributed by atoms with E-state index in [4.69, 9.17) is 16.3 Å². The normalized spacial score (nSPS) is 14.3. The van der Waals surface area contributed by atoms with Crippen molar-refractivity contribution in [3.05, 3.63) is 75.2 Å². The first-order valence-electron chi connectivity index (χ1n) is 11.2.